The molecule has 1 aliphatic carbocycles. The highest BCUT2D eigenvalue weighted by Gasteiger charge is 2.24. The van der Waals surface area contributed by atoms with Crippen LogP contribution in [-0.4, -0.2) is 42.6 Å². The van der Waals surface area contributed by atoms with E-state index in [1.165, 1.54) is 23.5 Å². The van der Waals surface area contributed by atoms with Gasteiger partial charge in [-0.2, -0.15) is 0 Å². The first-order valence-corrected chi connectivity index (χ1v) is 12.5. The van der Waals surface area contributed by atoms with Gasteiger partial charge in [-0.25, -0.2) is 18.3 Å². The van der Waals surface area contributed by atoms with Crippen LogP contribution >= 0.6 is 11.3 Å². The lowest BCUT2D eigenvalue weighted by Gasteiger charge is -2.21. The summed E-state index contributed by atoms with van der Waals surface area (Å²) in [5.74, 6) is 9.93. The highest BCUT2D eigenvalue weighted by atomic mass is 32.2. The molecular formula is C23H22FN3O3S2. The summed E-state index contributed by atoms with van der Waals surface area (Å²) < 4.78 is 29.5. The molecule has 1 unspecified atom stereocenters. The minimum Gasteiger partial charge on any atom is -0.367 e. The molecule has 1 aliphatic rings. The van der Waals surface area contributed by atoms with E-state index in [0.29, 0.717) is 20.5 Å². The van der Waals surface area contributed by atoms with Gasteiger partial charge in [0.05, 0.1) is 30.5 Å². The topological polar surface area (TPSA) is 98.2 Å². The van der Waals surface area contributed by atoms with Crippen LogP contribution in [0.1, 0.15) is 34.1 Å². The molecule has 0 saturated heterocycles. The van der Waals surface area contributed by atoms with Crippen molar-refractivity contribution in [1.29, 1.82) is 0 Å². The molecule has 2 heterocycles. The van der Waals surface area contributed by atoms with Crippen molar-refractivity contribution in [2.45, 2.75) is 35.8 Å². The molecule has 0 amide bonds. The zero-order valence-corrected chi connectivity index (χ0v) is 18.7. The van der Waals surface area contributed by atoms with Gasteiger partial charge in [0.1, 0.15) is 11.6 Å². The first-order chi connectivity index (χ1) is 15.3. The molecule has 9 heteroatoms. The molecular weight excluding hydrogens is 449 g/mol. The number of benzene rings is 1. The molecule has 4 rings (SSSR count). The van der Waals surface area contributed by atoms with Gasteiger partial charge >= 0.3 is 0 Å². The number of aromatic amines is 1. The second kappa shape index (κ2) is 9.40. The lowest BCUT2D eigenvalue weighted by molar-refractivity contribution is -0.0617. The third-order valence-electron chi connectivity index (χ3n) is 4.89. The summed E-state index contributed by atoms with van der Waals surface area (Å²) in [6.07, 6.45) is 4.14. The molecule has 0 fully saturated rings. The lowest BCUT2D eigenvalue weighted by atomic mass is 10.1. The normalized spacial score (nSPS) is 15.6. The van der Waals surface area contributed by atoms with Crippen LogP contribution in [0.3, 0.4) is 0 Å². The number of rotatable bonds is 6. The van der Waals surface area contributed by atoms with Gasteiger partial charge in [0.2, 0.25) is 0 Å². The van der Waals surface area contributed by atoms with Crippen molar-refractivity contribution in [3.8, 4) is 11.8 Å². The number of imidazole rings is 1. The van der Waals surface area contributed by atoms with Crippen molar-refractivity contribution in [2.24, 2.45) is 0 Å². The molecule has 2 atom stereocenters. The number of aryl methyl sites for hydroxylation is 1. The Balaban J connectivity index is 1.48. The summed E-state index contributed by atoms with van der Waals surface area (Å²) in [5.41, 5.74) is 2.51. The quantitative estimate of drug-likeness (QED) is 0.252. The standard InChI is InChI=1S/C23H22FN3O3S2/c1-32(30,22-13-12-17(31-22)11-8-15-6-9-16(24)10-7-15)27-20(23(28)29)14-21-25-18-4-2-3-5-19(18)26-21/h2,4,6-7,9-10,12-13,20,23,28-29H,1,3,5,14H2,(H,25,26)(H,27,30)/t20-,32?/m0/s1. The summed E-state index contributed by atoms with van der Waals surface area (Å²) in [6.45, 7) is 0. The van der Waals surface area contributed by atoms with Gasteiger partial charge in [-0.1, -0.05) is 17.9 Å². The highest BCUT2D eigenvalue weighted by molar-refractivity contribution is 8.00. The third kappa shape index (κ3) is 5.35. The summed E-state index contributed by atoms with van der Waals surface area (Å²) in [5, 5.41) is 19.7. The maximum Gasteiger partial charge on any atom is 0.168 e. The monoisotopic (exact) mass is 471 g/mol. The zero-order chi connectivity index (χ0) is 22.7. The lowest BCUT2D eigenvalue weighted by Crippen LogP contribution is -2.44. The van der Waals surface area contributed by atoms with E-state index in [9.17, 15) is 18.8 Å². The van der Waals surface area contributed by atoms with E-state index >= 15 is 0 Å². The molecule has 4 N–H and O–H groups in total. The Bertz CT molecular complexity index is 1300. The number of thiophene rings is 1. The van der Waals surface area contributed by atoms with Crippen LogP contribution in [0, 0.1) is 17.7 Å². The molecule has 166 valence electrons. The van der Waals surface area contributed by atoms with Gasteiger partial charge in [0.15, 0.2) is 6.29 Å². The fourth-order valence-corrected chi connectivity index (χ4v) is 5.92. The van der Waals surface area contributed by atoms with Crippen LogP contribution in [0.4, 0.5) is 4.39 Å². The number of aliphatic hydroxyl groups is 2. The Morgan fingerprint density at radius 2 is 2.03 bits per heavy atom. The number of fused-ring (bicyclic) bond motifs is 1. The van der Waals surface area contributed by atoms with Crippen molar-refractivity contribution < 1.29 is 18.8 Å². The van der Waals surface area contributed by atoms with Gasteiger partial charge in [-0.15, -0.1) is 11.3 Å². The summed E-state index contributed by atoms with van der Waals surface area (Å²) in [6, 6.07) is 8.27. The van der Waals surface area contributed by atoms with E-state index in [1.54, 1.807) is 24.3 Å². The van der Waals surface area contributed by atoms with E-state index in [1.807, 2.05) is 12.2 Å². The van der Waals surface area contributed by atoms with Crippen LogP contribution in [0.5, 0.6) is 0 Å². The number of H-pyrrole nitrogens is 1. The van der Waals surface area contributed by atoms with Gasteiger partial charge in [-0.05, 0) is 61.2 Å². The fourth-order valence-electron chi connectivity index (χ4n) is 3.28. The number of aliphatic hydroxyl groups excluding tert-OH is 1. The molecule has 1 aromatic carbocycles. The van der Waals surface area contributed by atoms with Crippen LogP contribution in [0.15, 0.2) is 46.7 Å². The molecule has 3 aromatic rings. The Morgan fingerprint density at radius 1 is 1.25 bits per heavy atom. The fraction of sp³-hybridized carbons (Fsp3) is 0.217. The second-order valence-electron chi connectivity index (χ2n) is 7.38. The minimum absolute atomic E-state index is 0.146. The smallest absolute Gasteiger partial charge is 0.168 e. The molecule has 6 nitrogen and oxygen atoms in total. The van der Waals surface area contributed by atoms with E-state index in [4.69, 9.17) is 0 Å². The predicted octanol–water partition coefficient (Wildman–Crippen LogP) is 2.47. The number of allylic oxidation sites excluding steroid dienone is 1. The van der Waals surface area contributed by atoms with E-state index in [-0.39, 0.29) is 12.2 Å². The Labute approximate surface area is 190 Å². The highest BCUT2D eigenvalue weighted by Crippen LogP contribution is 2.22. The molecule has 0 radical (unpaired) electrons. The van der Waals surface area contributed by atoms with Crippen LogP contribution < -0.4 is 4.72 Å². The van der Waals surface area contributed by atoms with Crippen molar-refractivity contribution >= 4 is 33.0 Å². The predicted molar refractivity (Wildman–Crippen MR) is 125 cm³/mol. The molecule has 0 aliphatic heterocycles. The average Bonchev–Trinajstić information content (AvgIpc) is 3.39. The van der Waals surface area contributed by atoms with Gasteiger partial charge < -0.3 is 15.2 Å². The van der Waals surface area contributed by atoms with Crippen LogP contribution in [0.2, 0.25) is 0 Å². The van der Waals surface area contributed by atoms with E-state index in [0.717, 1.165) is 24.2 Å². The number of nitrogens with one attached hydrogen (secondary N) is 2. The van der Waals surface area contributed by atoms with E-state index < -0.39 is 22.0 Å². The van der Waals surface area contributed by atoms with Crippen molar-refractivity contribution in [3.05, 3.63) is 75.9 Å². The SMILES string of the molecule is C=S(=O)(N[C@@H](Cc1nc2c([nH]1)CCC=C2)C(O)O)c1ccc(C#Cc2ccc(F)cc2)s1. The van der Waals surface area contributed by atoms with Crippen LogP contribution in [-0.2, 0) is 22.5 Å². The maximum absolute atomic E-state index is 13.2. The second-order valence-corrected chi connectivity index (χ2v) is 10.7. The summed E-state index contributed by atoms with van der Waals surface area (Å²) >= 11 is 1.20. The summed E-state index contributed by atoms with van der Waals surface area (Å²) in [7, 11) is -3.02. The van der Waals surface area contributed by atoms with E-state index in [2.05, 4.69) is 32.4 Å². The first-order valence-electron chi connectivity index (χ1n) is 9.92. The molecule has 0 saturated carbocycles. The number of hydrogen-bond donors (Lipinski definition) is 4. The Morgan fingerprint density at radius 3 is 2.75 bits per heavy atom. The van der Waals surface area contributed by atoms with Crippen molar-refractivity contribution in [3.63, 3.8) is 0 Å². The molecule has 2 aromatic heterocycles. The minimum atomic E-state index is -3.02. The van der Waals surface area contributed by atoms with Gasteiger partial charge in [0, 0.05) is 17.7 Å². The molecule has 0 bridgehead atoms. The molecule has 32 heavy (non-hydrogen) atoms. The number of aromatic nitrogens is 2. The Hall–Kier alpha value is -2.74. The number of halogens is 1. The number of hydrogen-bond acceptors (Lipinski definition) is 5. The van der Waals surface area contributed by atoms with Crippen molar-refractivity contribution in [1.82, 2.24) is 14.7 Å². The maximum atomic E-state index is 13.2. The largest absolute Gasteiger partial charge is 0.367 e. The zero-order valence-electron chi connectivity index (χ0n) is 17.0. The third-order valence-corrected chi connectivity index (χ3v) is 8.21. The Kier molecular flexibility index (Phi) is 6.60. The van der Waals surface area contributed by atoms with Crippen molar-refractivity contribution in [2.75, 3.05) is 0 Å². The van der Waals surface area contributed by atoms with Crippen LogP contribution in [0.25, 0.3) is 6.08 Å². The van der Waals surface area contributed by atoms with Gasteiger partial charge in [0.25, 0.3) is 0 Å². The first kappa shape index (κ1) is 22.5. The summed E-state index contributed by atoms with van der Waals surface area (Å²) in [4.78, 5) is 8.35. The average molecular weight is 472 g/mol. The van der Waals surface area contributed by atoms with Gasteiger partial charge in [-0.3, -0.25) is 0 Å². The molecule has 0 spiro atoms. The number of nitrogens with zero attached hydrogens (tertiary/aromatic N) is 1.